The second-order valence-electron chi connectivity index (χ2n) is 3.85. The van der Waals surface area contributed by atoms with Crippen LogP contribution in [0.2, 0.25) is 0 Å². The minimum absolute atomic E-state index is 0.144. The highest BCUT2D eigenvalue weighted by Crippen LogP contribution is 2.37. The summed E-state index contributed by atoms with van der Waals surface area (Å²) in [5, 5.41) is 10.3. The Labute approximate surface area is 60.6 Å². The molecule has 1 unspecified atom stereocenters. The Morgan fingerprint density at radius 3 is 2.40 bits per heavy atom. The summed E-state index contributed by atoms with van der Waals surface area (Å²) in [5.74, 6) is 0. The minimum Gasteiger partial charge on any atom is -0.264 e. The quantitative estimate of drug-likeness (QED) is 0.415. The molecule has 1 fully saturated rings. The maximum Gasteiger partial charge on any atom is 0.213 e. The van der Waals surface area contributed by atoms with Crippen molar-refractivity contribution in [2.24, 2.45) is 5.41 Å². The summed E-state index contributed by atoms with van der Waals surface area (Å²) in [5.41, 5.74) is 0.206. The summed E-state index contributed by atoms with van der Waals surface area (Å²) in [6.45, 7) is 4.19. The van der Waals surface area contributed by atoms with Crippen LogP contribution in [0.4, 0.5) is 0 Å². The molecular weight excluding hydrogens is 130 g/mol. The fourth-order valence-electron chi connectivity index (χ4n) is 1.58. The van der Waals surface area contributed by atoms with Gasteiger partial charge in [0, 0.05) is 17.8 Å². The standard InChI is InChI=1S/C7H13NO2/c1-7(2)4-3-6(5-7)8(9)10/h6H,3-5H2,1-2H3. The molecule has 0 N–H and O–H groups in total. The van der Waals surface area contributed by atoms with Crippen molar-refractivity contribution < 1.29 is 4.92 Å². The Morgan fingerprint density at radius 1 is 1.60 bits per heavy atom. The first kappa shape index (κ1) is 7.51. The Kier molecular flexibility index (Phi) is 1.67. The minimum atomic E-state index is -0.269. The molecule has 58 valence electrons. The molecule has 0 heterocycles. The van der Waals surface area contributed by atoms with Gasteiger partial charge in [0.25, 0.3) is 0 Å². The molecule has 0 aromatic heterocycles. The lowest BCUT2D eigenvalue weighted by Gasteiger charge is -2.13. The molecule has 0 aromatic carbocycles. The zero-order valence-corrected chi connectivity index (χ0v) is 6.46. The number of nitro groups is 1. The SMILES string of the molecule is CC1(C)CCC([N+](=O)[O-])C1. The van der Waals surface area contributed by atoms with Crippen molar-refractivity contribution in [1.29, 1.82) is 0 Å². The predicted molar refractivity (Wildman–Crippen MR) is 38.4 cm³/mol. The van der Waals surface area contributed by atoms with Crippen LogP contribution in [0.15, 0.2) is 0 Å². The summed E-state index contributed by atoms with van der Waals surface area (Å²) in [6.07, 6.45) is 2.51. The molecule has 0 radical (unpaired) electrons. The summed E-state index contributed by atoms with van der Waals surface area (Å²) in [6, 6.07) is -0.269. The van der Waals surface area contributed by atoms with E-state index in [1.54, 1.807) is 0 Å². The van der Waals surface area contributed by atoms with Crippen LogP contribution in [-0.4, -0.2) is 11.0 Å². The van der Waals surface area contributed by atoms with Crippen LogP contribution >= 0.6 is 0 Å². The monoisotopic (exact) mass is 143 g/mol. The van der Waals surface area contributed by atoms with Crippen LogP contribution in [0.25, 0.3) is 0 Å². The van der Waals surface area contributed by atoms with Crippen molar-refractivity contribution in [1.82, 2.24) is 0 Å². The summed E-state index contributed by atoms with van der Waals surface area (Å²) in [7, 11) is 0. The fraction of sp³-hybridized carbons (Fsp3) is 1.00. The summed E-state index contributed by atoms with van der Waals surface area (Å²) in [4.78, 5) is 10.2. The summed E-state index contributed by atoms with van der Waals surface area (Å²) >= 11 is 0. The molecule has 1 atom stereocenters. The smallest absolute Gasteiger partial charge is 0.213 e. The Bertz CT molecular complexity index is 154. The predicted octanol–water partition coefficient (Wildman–Crippen LogP) is 1.84. The van der Waals surface area contributed by atoms with Gasteiger partial charge in [-0.1, -0.05) is 13.8 Å². The third-order valence-corrected chi connectivity index (χ3v) is 2.24. The van der Waals surface area contributed by atoms with E-state index >= 15 is 0 Å². The number of nitrogens with zero attached hydrogens (tertiary/aromatic N) is 1. The molecule has 0 aromatic rings. The summed E-state index contributed by atoms with van der Waals surface area (Å²) < 4.78 is 0. The molecule has 0 saturated heterocycles. The van der Waals surface area contributed by atoms with E-state index in [4.69, 9.17) is 0 Å². The van der Waals surface area contributed by atoms with E-state index in [0.29, 0.717) is 0 Å². The zero-order chi connectivity index (χ0) is 7.78. The van der Waals surface area contributed by atoms with E-state index in [0.717, 1.165) is 19.3 Å². The van der Waals surface area contributed by atoms with Crippen LogP contribution in [-0.2, 0) is 0 Å². The van der Waals surface area contributed by atoms with Gasteiger partial charge in [0.05, 0.1) is 0 Å². The highest BCUT2D eigenvalue weighted by atomic mass is 16.6. The second-order valence-corrected chi connectivity index (χ2v) is 3.85. The van der Waals surface area contributed by atoms with Gasteiger partial charge in [-0.2, -0.15) is 0 Å². The molecule has 1 aliphatic carbocycles. The van der Waals surface area contributed by atoms with E-state index in [2.05, 4.69) is 13.8 Å². The van der Waals surface area contributed by atoms with E-state index in [9.17, 15) is 10.1 Å². The maximum atomic E-state index is 10.3. The van der Waals surface area contributed by atoms with Crippen LogP contribution in [0.5, 0.6) is 0 Å². The first-order chi connectivity index (χ1) is 4.51. The van der Waals surface area contributed by atoms with Gasteiger partial charge in [0.2, 0.25) is 6.04 Å². The third-order valence-electron chi connectivity index (χ3n) is 2.24. The number of hydrogen-bond donors (Lipinski definition) is 0. The Morgan fingerprint density at radius 2 is 2.20 bits per heavy atom. The Hall–Kier alpha value is -0.600. The second kappa shape index (κ2) is 2.22. The zero-order valence-electron chi connectivity index (χ0n) is 6.46. The molecular formula is C7H13NO2. The first-order valence-corrected chi connectivity index (χ1v) is 3.65. The molecule has 1 aliphatic rings. The first-order valence-electron chi connectivity index (χ1n) is 3.65. The molecule has 1 rings (SSSR count). The van der Waals surface area contributed by atoms with Gasteiger partial charge in [0.15, 0.2) is 0 Å². The lowest BCUT2D eigenvalue weighted by Crippen LogP contribution is -2.17. The van der Waals surface area contributed by atoms with Gasteiger partial charge in [-0.05, 0) is 11.8 Å². The number of hydrogen-bond acceptors (Lipinski definition) is 2. The van der Waals surface area contributed by atoms with Crippen molar-refractivity contribution in [2.45, 2.75) is 39.2 Å². The van der Waals surface area contributed by atoms with Gasteiger partial charge in [-0.25, -0.2) is 0 Å². The van der Waals surface area contributed by atoms with Crippen LogP contribution < -0.4 is 0 Å². The van der Waals surface area contributed by atoms with Crippen LogP contribution in [0, 0.1) is 15.5 Å². The molecule has 3 nitrogen and oxygen atoms in total. The highest BCUT2D eigenvalue weighted by Gasteiger charge is 2.37. The maximum absolute atomic E-state index is 10.3. The largest absolute Gasteiger partial charge is 0.264 e. The van der Waals surface area contributed by atoms with Gasteiger partial charge in [-0.15, -0.1) is 0 Å². The lowest BCUT2D eigenvalue weighted by molar-refractivity contribution is -0.521. The van der Waals surface area contributed by atoms with E-state index in [-0.39, 0.29) is 16.4 Å². The third kappa shape index (κ3) is 1.46. The van der Waals surface area contributed by atoms with Crippen molar-refractivity contribution in [3.63, 3.8) is 0 Å². The van der Waals surface area contributed by atoms with Crippen molar-refractivity contribution in [3.8, 4) is 0 Å². The molecule has 0 bridgehead atoms. The van der Waals surface area contributed by atoms with E-state index in [1.165, 1.54) is 0 Å². The van der Waals surface area contributed by atoms with E-state index in [1.807, 2.05) is 0 Å². The molecule has 1 saturated carbocycles. The average molecular weight is 143 g/mol. The number of rotatable bonds is 1. The highest BCUT2D eigenvalue weighted by molar-refractivity contribution is 4.81. The molecule has 10 heavy (non-hydrogen) atoms. The normalized spacial score (nSPS) is 30.4. The van der Waals surface area contributed by atoms with Gasteiger partial charge in [0.1, 0.15) is 0 Å². The molecule has 3 heteroatoms. The average Bonchev–Trinajstić information content (AvgIpc) is 2.10. The topological polar surface area (TPSA) is 43.1 Å². The van der Waals surface area contributed by atoms with Gasteiger partial charge >= 0.3 is 0 Å². The van der Waals surface area contributed by atoms with Gasteiger partial charge in [-0.3, -0.25) is 10.1 Å². The van der Waals surface area contributed by atoms with Gasteiger partial charge < -0.3 is 0 Å². The van der Waals surface area contributed by atoms with E-state index < -0.39 is 0 Å². The molecule has 0 spiro atoms. The van der Waals surface area contributed by atoms with Crippen LogP contribution in [0.1, 0.15) is 33.1 Å². The molecule has 0 amide bonds. The van der Waals surface area contributed by atoms with Crippen LogP contribution in [0.3, 0.4) is 0 Å². The molecule has 0 aliphatic heterocycles. The van der Waals surface area contributed by atoms with Crippen molar-refractivity contribution in [3.05, 3.63) is 10.1 Å². The lowest BCUT2D eigenvalue weighted by atomic mass is 9.92. The fourth-order valence-corrected chi connectivity index (χ4v) is 1.58. The van der Waals surface area contributed by atoms with Crippen molar-refractivity contribution in [2.75, 3.05) is 0 Å². The Balaban J connectivity index is 2.51. The van der Waals surface area contributed by atoms with Crippen molar-refractivity contribution >= 4 is 0 Å².